The Morgan fingerprint density at radius 2 is 1.17 bits per heavy atom. The highest BCUT2D eigenvalue weighted by molar-refractivity contribution is 5.98. The summed E-state index contributed by atoms with van der Waals surface area (Å²) in [6.07, 6.45) is 2.09. The molecule has 0 spiro atoms. The molecule has 0 bridgehead atoms. The molecule has 1 heteroatoms. The van der Waals surface area contributed by atoms with Crippen molar-refractivity contribution in [2.75, 3.05) is 0 Å². The highest BCUT2D eigenvalue weighted by Crippen LogP contribution is 2.35. The van der Waals surface area contributed by atoms with Crippen LogP contribution in [0, 0.1) is 0 Å². The van der Waals surface area contributed by atoms with Crippen LogP contribution in [0.25, 0.3) is 11.1 Å². The van der Waals surface area contributed by atoms with E-state index in [2.05, 4.69) is 61.5 Å². The fraction of sp³-hybridized carbons (Fsp3) is 0.130. The van der Waals surface area contributed by atoms with Gasteiger partial charge in [0, 0.05) is 0 Å². The zero-order chi connectivity index (χ0) is 16.8. The molecule has 3 aromatic rings. The molecule has 3 aromatic carbocycles. The Labute approximate surface area is 143 Å². The Hall–Kier alpha value is -2.80. The van der Waals surface area contributed by atoms with Crippen LogP contribution in [0.5, 0.6) is 5.75 Å². The molecule has 0 aliphatic carbocycles. The summed E-state index contributed by atoms with van der Waals surface area (Å²) in [4.78, 5) is 0. The number of allylic oxidation sites excluding steroid dienone is 1. The predicted molar refractivity (Wildman–Crippen MR) is 102 cm³/mol. The number of benzene rings is 3. The van der Waals surface area contributed by atoms with Crippen molar-refractivity contribution in [3.63, 3.8) is 0 Å². The van der Waals surface area contributed by atoms with Crippen molar-refractivity contribution in [3.05, 3.63) is 102 Å². The largest absolute Gasteiger partial charge is 0.508 e. The van der Waals surface area contributed by atoms with E-state index < -0.39 is 0 Å². The van der Waals surface area contributed by atoms with Gasteiger partial charge < -0.3 is 5.11 Å². The third kappa shape index (κ3) is 3.57. The fourth-order valence-electron chi connectivity index (χ4n) is 3.05. The van der Waals surface area contributed by atoms with Crippen molar-refractivity contribution in [1.29, 1.82) is 0 Å². The van der Waals surface area contributed by atoms with E-state index >= 15 is 0 Å². The Balaban J connectivity index is 2.26. The lowest BCUT2D eigenvalue weighted by Gasteiger charge is -2.17. The Bertz CT molecular complexity index is 800. The summed E-state index contributed by atoms with van der Waals surface area (Å²) < 4.78 is 0. The van der Waals surface area contributed by atoms with Gasteiger partial charge in [0.15, 0.2) is 0 Å². The molecule has 0 aliphatic heterocycles. The molecule has 24 heavy (non-hydrogen) atoms. The van der Waals surface area contributed by atoms with Gasteiger partial charge >= 0.3 is 0 Å². The monoisotopic (exact) mass is 314 g/mol. The van der Waals surface area contributed by atoms with Crippen molar-refractivity contribution in [2.24, 2.45) is 0 Å². The number of hydrogen-bond acceptors (Lipinski definition) is 1. The molecule has 0 saturated carbocycles. The second kappa shape index (κ2) is 7.65. The molecule has 0 heterocycles. The molecule has 1 nitrogen and oxygen atoms in total. The van der Waals surface area contributed by atoms with Crippen LogP contribution < -0.4 is 0 Å². The fourth-order valence-corrected chi connectivity index (χ4v) is 3.05. The molecule has 3 rings (SSSR count). The van der Waals surface area contributed by atoms with Gasteiger partial charge in [0.25, 0.3) is 0 Å². The summed E-state index contributed by atoms with van der Waals surface area (Å²) in [5.74, 6) is 0.294. The lowest BCUT2D eigenvalue weighted by atomic mass is 9.87. The Morgan fingerprint density at radius 1 is 0.667 bits per heavy atom. The minimum atomic E-state index is 0.294. The van der Waals surface area contributed by atoms with E-state index in [1.54, 1.807) is 12.1 Å². The number of phenols is 1. The maximum Gasteiger partial charge on any atom is 0.115 e. The zero-order valence-electron chi connectivity index (χ0n) is 13.9. The molecule has 0 unspecified atom stereocenters. The second-order valence-electron chi connectivity index (χ2n) is 5.88. The van der Waals surface area contributed by atoms with Gasteiger partial charge in [-0.15, -0.1) is 0 Å². The van der Waals surface area contributed by atoms with Gasteiger partial charge in [-0.1, -0.05) is 86.1 Å². The summed E-state index contributed by atoms with van der Waals surface area (Å²) >= 11 is 0. The maximum atomic E-state index is 9.65. The SMILES string of the molecule is CCCC(=C(c1ccccc1)c1ccc(O)cc1)c1ccccc1. The smallest absolute Gasteiger partial charge is 0.115 e. The van der Waals surface area contributed by atoms with E-state index in [0.717, 1.165) is 18.4 Å². The molecule has 0 fully saturated rings. The predicted octanol–water partition coefficient (Wildman–Crippen LogP) is 6.15. The zero-order valence-corrected chi connectivity index (χ0v) is 13.9. The lowest BCUT2D eigenvalue weighted by molar-refractivity contribution is 0.475. The summed E-state index contributed by atoms with van der Waals surface area (Å²) in [5.41, 5.74) is 6.17. The molecule has 0 atom stereocenters. The molecule has 1 N–H and O–H groups in total. The molecule has 0 aromatic heterocycles. The van der Waals surface area contributed by atoms with Crippen LogP contribution in [-0.2, 0) is 0 Å². The van der Waals surface area contributed by atoms with E-state index in [9.17, 15) is 5.11 Å². The Kier molecular flexibility index (Phi) is 5.12. The number of aromatic hydroxyl groups is 1. The van der Waals surface area contributed by atoms with Crippen molar-refractivity contribution in [3.8, 4) is 5.75 Å². The van der Waals surface area contributed by atoms with Crippen LogP contribution in [-0.4, -0.2) is 5.11 Å². The van der Waals surface area contributed by atoms with Crippen molar-refractivity contribution >= 4 is 11.1 Å². The molecular weight excluding hydrogens is 292 g/mol. The topological polar surface area (TPSA) is 20.2 Å². The van der Waals surface area contributed by atoms with Crippen molar-refractivity contribution < 1.29 is 5.11 Å². The van der Waals surface area contributed by atoms with Gasteiger partial charge in [0.1, 0.15) is 5.75 Å². The summed E-state index contributed by atoms with van der Waals surface area (Å²) in [7, 11) is 0. The van der Waals surface area contributed by atoms with Crippen LogP contribution in [0.1, 0.15) is 36.5 Å². The molecule has 120 valence electrons. The van der Waals surface area contributed by atoms with E-state index in [1.807, 2.05) is 18.2 Å². The summed E-state index contributed by atoms with van der Waals surface area (Å²) in [6.45, 7) is 2.21. The Morgan fingerprint density at radius 3 is 1.71 bits per heavy atom. The quantitative estimate of drug-likeness (QED) is 0.560. The first-order chi connectivity index (χ1) is 11.8. The third-order valence-electron chi connectivity index (χ3n) is 4.14. The first-order valence-electron chi connectivity index (χ1n) is 8.43. The maximum absolute atomic E-state index is 9.65. The minimum Gasteiger partial charge on any atom is -0.508 e. The molecule has 0 amide bonds. The van der Waals surface area contributed by atoms with Gasteiger partial charge in [0.2, 0.25) is 0 Å². The summed E-state index contributed by atoms with van der Waals surface area (Å²) in [6, 6.07) is 28.6. The normalized spacial score (nSPS) is 11.9. The van der Waals surface area contributed by atoms with Crippen molar-refractivity contribution in [2.45, 2.75) is 19.8 Å². The van der Waals surface area contributed by atoms with Crippen molar-refractivity contribution in [1.82, 2.24) is 0 Å². The van der Waals surface area contributed by atoms with Crippen LogP contribution in [0.4, 0.5) is 0 Å². The van der Waals surface area contributed by atoms with Crippen LogP contribution in [0.2, 0.25) is 0 Å². The van der Waals surface area contributed by atoms with E-state index in [1.165, 1.54) is 22.3 Å². The van der Waals surface area contributed by atoms with Gasteiger partial charge in [0.05, 0.1) is 0 Å². The number of hydrogen-bond donors (Lipinski definition) is 1. The van der Waals surface area contributed by atoms with Gasteiger partial charge in [-0.25, -0.2) is 0 Å². The average molecular weight is 314 g/mol. The first kappa shape index (κ1) is 16.1. The van der Waals surface area contributed by atoms with Crippen LogP contribution in [0.3, 0.4) is 0 Å². The molecule has 0 radical (unpaired) electrons. The van der Waals surface area contributed by atoms with E-state index in [0.29, 0.717) is 5.75 Å². The van der Waals surface area contributed by atoms with Gasteiger partial charge in [-0.05, 0) is 46.4 Å². The van der Waals surface area contributed by atoms with Gasteiger partial charge in [-0.3, -0.25) is 0 Å². The molecular formula is C23H22O. The lowest BCUT2D eigenvalue weighted by Crippen LogP contribution is -1.95. The number of rotatable bonds is 5. The van der Waals surface area contributed by atoms with Crippen LogP contribution >= 0.6 is 0 Å². The van der Waals surface area contributed by atoms with E-state index in [4.69, 9.17) is 0 Å². The second-order valence-corrected chi connectivity index (χ2v) is 5.88. The van der Waals surface area contributed by atoms with Gasteiger partial charge in [-0.2, -0.15) is 0 Å². The third-order valence-corrected chi connectivity index (χ3v) is 4.14. The average Bonchev–Trinajstić information content (AvgIpc) is 2.64. The molecule has 0 saturated heterocycles. The van der Waals surface area contributed by atoms with E-state index in [-0.39, 0.29) is 0 Å². The standard InChI is InChI=1S/C23H22O/c1-2-9-22(18-10-5-3-6-11-18)23(19-12-7-4-8-13-19)20-14-16-21(24)17-15-20/h3-8,10-17,24H,2,9H2,1H3. The highest BCUT2D eigenvalue weighted by atomic mass is 16.3. The highest BCUT2D eigenvalue weighted by Gasteiger charge is 2.13. The summed E-state index contributed by atoms with van der Waals surface area (Å²) in [5, 5.41) is 9.65. The van der Waals surface area contributed by atoms with Crippen LogP contribution in [0.15, 0.2) is 84.9 Å². The number of phenolic OH excluding ortho intramolecular Hbond substituents is 1. The minimum absolute atomic E-state index is 0.294. The first-order valence-corrected chi connectivity index (χ1v) is 8.43. The molecule has 0 aliphatic rings.